The third-order valence-corrected chi connectivity index (χ3v) is 3.53. The monoisotopic (exact) mass is 224 g/mol. The summed E-state index contributed by atoms with van der Waals surface area (Å²) in [5, 5.41) is 0.0124. The molecule has 1 aromatic rings. The van der Waals surface area contributed by atoms with E-state index < -0.39 is 0 Å². The molecule has 2 atom stereocenters. The van der Waals surface area contributed by atoms with E-state index in [1.165, 1.54) is 11.1 Å². The van der Waals surface area contributed by atoms with Crippen molar-refractivity contribution in [1.82, 2.24) is 0 Å². The van der Waals surface area contributed by atoms with Crippen LogP contribution in [-0.4, -0.2) is 12.7 Å². The van der Waals surface area contributed by atoms with Crippen molar-refractivity contribution in [2.45, 2.75) is 37.7 Å². The highest BCUT2D eigenvalue weighted by atomic mass is 35.5. The number of rotatable bonds is 3. The molecule has 1 aliphatic heterocycles. The van der Waals surface area contributed by atoms with E-state index in [1.54, 1.807) is 0 Å². The van der Waals surface area contributed by atoms with E-state index in [0.29, 0.717) is 0 Å². The largest absolute Gasteiger partial charge is 0.376 e. The molecule has 2 unspecified atom stereocenters. The summed E-state index contributed by atoms with van der Waals surface area (Å²) in [5.41, 5.74) is 2.54. The standard InChI is InChI=1S/C13H17ClO/c1-2-10-5-7-11(8-6-10)13(14)12-4-3-9-15-12/h5-8,12-13H,2-4,9H2,1H3. The highest BCUT2D eigenvalue weighted by Crippen LogP contribution is 2.32. The van der Waals surface area contributed by atoms with Crippen molar-refractivity contribution in [3.63, 3.8) is 0 Å². The molecule has 0 radical (unpaired) electrons. The predicted octanol–water partition coefficient (Wildman–Crippen LogP) is 3.71. The van der Waals surface area contributed by atoms with Crippen LogP contribution in [-0.2, 0) is 11.2 Å². The normalized spacial score (nSPS) is 22.9. The van der Waals surface area contributed by atoms with Gasteiger partial charge in [-0.3, -0.25) is 0 Å². The number of hydrogen-bond acceptors (Lipinski definition) is 1. The maximum Gasteiger partial charge on any atom is 0.0847 e. The van der Waals surface area contributed by atoms with E-state index >= 15 is 0 Å². The Bertz CT molecular complexity index is 301. The van der Waals surface area contributed by atoms with Gasteiger partial charge in [0.05, 0.1) is 11.5 Å². The van der Waals surface area contributed by atoms with Gasteiger partial charge in [0.1, 0.15) is 0 Å². The van der Waals surface area contributed by atoms with Crippen molar-refractivity contribution in [2.75, 3.05) is 6.61 Å². The lowest BCUT2D eigenvalue weighted by Gasteiger charge is -2.16. The van der Waals surface area contributed by atoms with Crippen molar-refractivity contribution in [3.8, 4) is 0 Å². The predicted molar refractivity (Wildman–Crippen MR) is 63.4 cm³/mol. The van der Waals surface area contributed by atoms with Gasteiger partial charge in [-0.15, -0.1) is 11.6 Å². The molecule has 2 heteroatoms. The van der Waals surface area contributed by atoms with Gasteiger partial charge >= 0.3 is 0 Å². The fourth-order valence-corrected chi connectivity index (χ4v) is 2.33. The molecule has 0 bridgehead atoms. The van der Waals surface area contributed by atoms with Gasteiger partial charge in [-0.1, -0.05) is 31.2 Å². The van der Waals surface area contributed by atoms with Gasteiger partial charge < -0.3 is 4.74 Å². The molecule has 0 amide bonds. The number of aryl methyl sites for hydroxylation is 1. The van der Waals surface area contributed by atoms with Gasteiger partial charge in [-0.2, -0.15) is 0 Å². The molecule has 1 saturated heterocycles. The topological polar surface area (TPSA) is 9.23 Å². The molecule has 0 aromatic heterocycles. The lowest BCUT2D eigenvalue weighted by Crippen LogP contribution is -2.12. The Balaban J connectivity index is 2.07. The lowest BCUT2D eigenvalue weighted by atomic mass is 10.0. The van der Waals surface area contributed by atoms with Gasteiger partial charge in [-0.25, -0.2) is 0 Å². The number of ether oxygens (including phenoxy) is 1. The van der Waals surface area contributed by atoms with E-state index in [0.717, 1.165) is 25.9 Å². The Morgan fingerprint density at radius 1 is 1.40 bits per heavy atom. The van der Waals surface area contributed by atoms with E-state index in [9.17, 15) is 0 Å². The van der Waals surface area contributed by atoms with Crippen LogP contribution in [0, 0.1) is 0 Å². The smallest absolute Gasteiger partial charge is 0.0847 e. The van der Waals surface area contributed by atoms with Crippen LogP contribution >= 0.6 is 11.6 Å². The molecule has 0 aliphatic carbocycles. The SMILES string of the molecule is CCc1ccc(C(Cl)C2CCCO2)cc1. The molecule has 1 fully saturated rings. The minimum Gasteiger partial charge on any atom is -0.376 e. The second-order valence-electron chi connectivity index (χ2n) is 4.05. The van der Waals surface area contributed by atoms with Crippen LogP contribution in [0.4, 0.5) is 0 Å². The summed E-state index contributed by atoms with van der Waals surface area (Å²) in [6.45, 7) is 3.02. The summed E-state index contributed by atoms with van der Waals surface area (Å²) in [6, 6.07) is 8.55. The highest BCUT2D eigenvalue weighted by molar-refractivity contribution is 6.21. The minimum atomic E-state index is 0.0124. The zero-order valence-corrected chi connectivity index (χ0v) is 9.83. The first-order chi connectivity index (χ1) is 7.31. The Morgan fingerprint density at radius 3 is 2.67 bits per heavy atom. The molecule has 1 aromatic carbocycles. The lowest BCUT2D eigenvalue weighted by molar-refractivity contribution is 0.107. The number of benzene rings is 1. The second-order valence-corrected chi connectivity index (χ2v) is 4.52. The van der Waals surface area contributed by atoms with Gasteiger partial charge in [0, 0.05) is 6.61 Å². The molecular formula is C13H17ClO. The van der Waals surface area contributed by atoms with Crippen LogP contribution in [0.5, 0.6) is 0 Å². The summed E-state index contributed by atoms with van der Waals surface area (Å²) in [6.07, 6.45) is 3.51. The van der Waals surface area contributed by atoms with Gasteiger partial charge in [0.2, 0.25) is 0 Å². The summed E-state index contributed by atoms with van der Waals surface area (Å²) in [4.78, 5) is 0. The molecule has 0 spiro atoms. The maximum absolute atomic E-state index is 6.38. The van der Waals surface area contributed by atoms with Crippen molar-refractivity contribution >= 4 is 11.6 Å². The summed E-state index contributed by atoms with van der Waals surface area (Å²) < 4.78 is 5.59. The van der Waals surface area contributed by atoms with E-state index in [1.807, 2.05) is 0 Å². The Hall–Kier alpha value is -0.530. The molecule has 15 heavy (non-hydrogen) atoms. The van der Waals surface area contributed by atoms with E-state index in [-0.39, 0.29) is 11.5 Å². The molecule has 1 nitrogen and oxygen atoms in total. The Labute approximate surface area is 96.4 Å². The molecule has 1 aliphatic rings. The quantitative estimate of drug-likeness (QED) is 0.712. The third-order valence-electron chi connectivity index (χ3n) is 3.00. The molecule has 0 N–H and O–H groups in total. The Morgan fingerprint density at radius 2 is 2.13 bits per heavy atom. The average molecular weight is 225 g/mol. The molecule has 1 heterocycles. The maximum atomic E-state index is 6.38. The van der Waals surface area contributed by atoms with Crippen LogP contribution in [0.15, 0.2) is 24.3 Å². The average Bonchev–Trinajstić information content (AvgIpc) is 2.82. The molecular weight excluding hydrogens is 208 g/mol. The van der Waals surface area contributed by atoms with E-state index in [2.05, 4.69) is 31.2 Å². The van der Waals surface area contributed by atoms with Crippen LogP contribution < -0.4 is 0 Å². The van der Waals surface area contributed by atoms with Gasteiger partial charge in [0.25, 0.3) is 0 Å². The molecule has 2 rings (SSSR count). The van der Waals surface area contributed by atoms with Crippen molar-refractivity contribution in [3.05, 3.63) is 35.4 Å². The fraction of sp³-hybridized carbons (Fsp3) is 0.538. The van der Waals surface area contributed by atoms with Crippen LogP contribution in [0.2, 0.25) is 0 Å². The Kier molecular flexibility index (Phi) is 3.66. The number of alkyl halides is 1. The number of halogens is 1. The third kappa shape index (κ3) is 2.53. The summed E-state index contributed by atoms with van der Waals surface area (Å²) >= 11 is 6.38. The van der Waals surface area contributed by atoms with Gasteiger partial charge in [-0.05, 0) is 30.4 Å². The van der Waals surface area contributed by atoms with Crippen molar-refractivity contribution in [2.24, 2.45) is 0 Å². The van der Waals surface area contributed by atoms with Crippen LogP contribution in [0.3, 0.4) is 0 Å². The van der Waals surface area contributed by atoms with Crippen molar-refractivity contribution in [1.29, 1.82) is 0 Å². The molecule has 0 saturated carbocycles. The second kappa shape index (κ2) is 5.00. The zero-order chi connectivity index (χ0) is 10.7. The summed E-state index contributed by atoms with van der Waals surface area (Å²) in [7, 11) is 0. The highest BCUT2D eigenvalue weighted by Gasteiger charge is 2.25. The minimum absolute atomic E-state index is 0.0124. The number of hydrogen-bond donors (Lipinski definition) is 0. The first-order valence-electron chi connectivity index (χ1n) is 5.65. The molecule has 82 valence electrons. The fourth-order valence-electron chi connectivity index (χ4n) is 1.99. The van der Waals surface area contributed by atoms with Crippen molar-refractivity contribution < 1.29 is 4.74 Å². The zero-order valence-electron chi connectivity index (χ0n) is 9.08. The first kappa shape index (κ1) is 11.0. The van der Waals surface area contributed by atoms with Gasteiger partial charge in [0.15, 0.2) is 0 Å². The van der Waals surface area contributed by atoms with E-state index in [4.69, 9.17) is 16.3 Å². The first-order valence-corrected chi connectivity index (χ1v) is 6.09. The van der Waals surface area contributed by atoms with Crippen LogP contribution in [0.1, 0.15) is 36.3 Å². The summed E-state index contributed by atoms with van der Waals surface area (Å²) in [5.74, 6) is 0. The van der Waals surface area contributed by atoms with Crippen LogP contribution in [0.25, 0.3) is 0 Å².